The number of oxazole rings is 1. The molecule has 0 unspecified atom stereocenters. The molecule has 0 aliphatic carbocycles. The first-order chi connectivity index (χ1) is 14.5. The monoisotopic (exact) mass is 404 g/mol. The van der Waals surface area contributed by atoms with Gasteiger partial charge >= 0.3 is 5.69 Å². The number of para-hydroxylation sites is 2. The second-order valence-corrected chi connectivity index (χ2v) is 6.38. The number of hydrogen-bond donors (Lipinski definition) is 1. The molecule has 0 saturated heterocycles. The molecule has 0 radical (unpaired) electrons. The number of fused-ring (bicyclic) bond motifs is 1. The van der Waals surface area contributed by atoms with Crippen LogP contribution in [0.15, 0.2) is 65.2 Å². The topological polar surface area (TPSA) is 120 Å². The summed E-state index contributed by atoms with van der Waals surface area (Å²) in [4.78, 5) is 31.4. The number of nitro benzene ring substituents is 1. The second kappa shape index (κ2) is 8.00. The van der Waals surface area contributed by atoms with Gasteiger partial charge < -0.3 is 14.5 Å². The van der Waals surface area contributed by atoms with Gasteiger partial charge in [-0.15, -0.1) is 0 Å². The van der Waals surface area contributed by atoms with Gasteiger partial charge in [0.25, 0.3) is 5.91 Å². The van der Waals surface area contributed by atoms with Crippen LogP contribution >= 0.6 is 0 Å². The van der Waals surface area contributed by atoms with Crippen molar-refractivity contribution in [2.75, 3.05) is 11.9 Å². The number of amides is 1. The maximum atomic E-state index is 12.4. The number of ether oxygens (including phenoxy) is 1. The standard InChI is InChI=1S/C21H16N4O5/c1-13-14(21-24-20-18(30-21)10-5-11-22-20)6-4-7-15(13)23-19(26)12-29-17-9-3-2-8-16(17)25(27)28/h2-11H,12H2,1H3,(H,23,26). The molecule has 1 N–H and O–H groups in total. The molecule has 0 atom stereocenters. The molecule has 0 aliphatic rings. The molecule has 9 heteroatoms. The van der Waals surface area contributed by atoms with E-state index in [0.717, 1.165) is 5.56 Å². The average molecular weight is 404 g/mol. The van der Waals surface area contributed by atoms with Gasteiger partial charge in [-0.05, 0) is 42.8 Å². The van der Waals surface area contributed by atoms with Crippen LogP contribution in [0.3, 0.4) is 0 Å². The first kappa shape index (κ1) is 19.1. The maximum absolute atomic E-state index is 12.4. The van der Waals surface area contributed by atoms with E-state index in [1.54, 1.807) is 36.5 Å². The zero-order valence-corrected chi connectivity index (χ0v) is 15.9. The fourth-order valence-corrected chi connectivity index (χ4v) is 2.95. The Morgan fingerprint density at radius 2 is 2.00 bits per heavy atom. The predicted octanol–water partition coefficient (Wildman–Crippen LogP) is 4.12. The molecule has 4 aromatic rings. The average Bonchev–Trinajstić information content (AvgIpc) is 3.18. The Bertz CT molecular complexity index is 1220. The molecule has 2 aromatic heterocycles. The summed E-state index contributed by atoms with van der Waals surface area (Å²) < 4.78 is 11.1. The normalized spacial score (nSPS) is 10.7. The predicted molar refractivity (Wildman–Crippen MR) is 109 cm³/mol. The third kappa shape index (κ3) is 3.81. The lowest BCUT2D eigenvalue weighted by molar-refractivity contribution is -0.385. The number of nitrogens with one attached hydrogen (secondary N) is 1. The molecule has 150 valence electrons. The molecular weight excluding hydrogens is 388 g/mol. The Morgan fingerprint density at radius 3 is 2.80 bits per heavy atom. The number of aromatic nitrogens is 2. The van der Waals surface area contributed by atoms with E-state index in [1.807, 2.05) is 13.0 Å². The fourth-order valence-electron chi connectivity index (χ4n) is 2.95. The van der Waals surface area contributed by atoms with Crippen LogP contribution < -0.4 is 10.1 Å². The summed E-state index contributed by atoms with van der Waals surface area (Å²) in [5.41, 5.74) is 2.89. The maximum Gasteiger partial charge on any atom is 0.310 e. The summed E-state index contributed by atoms with van der Waals surface area (Å²) in [7, 11) is 0. The minimum Gasteiger partial charge on any atom is -0.477 e. The van der Waals surface area contributed by atoms with E-state index >= 15 is 0 Å². The smallest absolute Gasteiger partial charge is 0.310 e. The molecule has 30 heavy (non-hydrogen) atoms. The van der Waals surface area contributed by atoms with Gasteiger partial charge in [0.1, 0.15) is 0 Å². The largest absolute Gasteiger partial charge is 0.477 e. The number of anilines is 1. The third-order valence-electron chi connectivity index (χ3n) is 4.42. The van der Waals surface area contributed by atoms with Crippen LogP contribution in [0.4, 0.5) is 11.4 Å². The Morgan fingerprint density at radius 1 is 1.17 bits per heavy atom. The minimum absolute atomic E-state index is 0.0297. The van der Waals surface area contributed by atoms with Crippen molar-refractivity contribution < 1.29 is 18.9 Å². The molecule has 0 fully saturated rings. The van der Waals surface area contributed by atoms with Crippen LogP contribution in [0.5, 0.6) is 5.75 Å². The number of carbonyl (C=O) groups is 1. The highest BCUT2D eigenvalue weighted by Gasteiger charge is 2.17. The molecule has 0 saturated carbocycles. The van der Waals surface area contributed by atoms with Crippen LogP contribution in [0.25, 0.3) is 22.7 Å². The number of rotatable bonds is 6. The molecule has 9 nitrogen and oxygen atoms in total. The summed E-state index contributed by atoms with van der Waals surface area (Å²) in [5, 5.41) is 13.8. The van der Waals surface area contributed by atoms with Gasteiger partial charge in [0.15, 0.2) is 23.6 Å². The Hall–Kier alpha value is -4.27. The van der Waals surface area contributed by atoms with Gasteiger partial charge in [-0.3, -0.25) is 14.9 Å². The summed E-state index contributed by atoms with van der Waals surface area (Å²) in [6.07, 6.45) is 1.63. The molecule has 0 spiro atoms. The van der Waals surface area contributed by atoms with E-state index in [1.165, 1.54) is 18.2 Å². The van der Waals surface area contributed by atoms with Crippen molar-refractivity contribution in [3.05, 3.63) is 76.5 Å². The minimum atomic E-state index is -0.559. The van der Waals surface area contributed by atoms with Crippen molar-refractivity contribution >= 4 is 28.5 Å². The lowest BCUT2D eigenvalue weighted by Gasteiger charge is -2.11. The van der Waals surface area contributed by atoms with Crippen LogP contribution in [0.2, 0.25) is 0 Å². The Labute approximate surface area is 170 Å². The van der Waals surface area contributed by atoms with E-state index in [0.29, 0.717) is 28.4 Å². The SMILES string of the molecule is Cc1c(NC(=O)COc2ccccc2[N+](=O)[O-])cccc1-c1nc2ncccc2o1. The molecule has 0 bridgehead atoms. The first-order valence-electron chi connectivity index (χ1n) is 9.00. The van der Waals surface area contributed by atoms with Gasteiger partial charge in [-0.1, -0.05) is 18.2 Å². The van der Waals surface area contributed by atoms with Crippen LogP contribution in [0, 0.1) is 17.0 Å². The number of nitrogens with zero attached hydrogens (tertiary/aromatic N) is 3. The second-order valence-electron chi connectivity index (χ2n) is 6.38. The summed E-state index contributed by atoms with van der Waals surface area (Å²) in [6, 6.07) is 14.8. The van der Waals surface area contributed by atoms with Crippen molar-refractivity contribution in [3.63, 3.8) is 0 Å². The van der Waals surface area contributed by atoms with Gasteiger partial charge in [-0.25, -0.2) is 4.98 Å². The van der Waals surface area contributed by atoms with Gasteiger partial charge in [-0.2, -0.15) is 4.98 Å². The molecule has 4 rings (SSSR count). The van der Waals surface area contributed by atoms with E-state index < -0.39 is 10.8 Å². The van der Waals surface area contributed by atoms with E-state index in [4.69, 9.17) is 9.15 Å². The van der Waals surface area contributed by atoms with Gasteiger partial charge in [0, 0.05) is 23.5 Å². The third-order valence-corrected chi connectivity index (χ3v) is 4.42. The molecule has 0 aliphatic heterocycles. The van der Waals surface area contributed by atoms with E-state index in [9.17, 15) is 14.9 Å². The molecule has 2 heterocycles. The zero-order chi connectivity index (χ0) is 21.1. The summed E-state index contributed by atoms with van der Waals surface area (Å²) >= 11 is 0. The molecule has 1 amide bonds. The van der Waals surface area contributed by atoms with Gasteiger partial charge in [0.05, 0.1) is 4.92 Å². The van der Waals surface area contributed by atoms with Crippen LogP contribution in [-0.2, 0) is 4.79 Å². The van der Waals surface area contributed by atoms with Gasteiger partial charge in [0.2, 0.25) is 5.89 Å². The number of benzene rings is 2. The quantitative estimate of drug-likeness (QED) is 0.379. The van der Waals surface area contributed by atoms with Crippen molar-refractivity contribution in [2.24, 2.45) is 0 Å². The number of carbonyl (C=O) groups excluding carboxylic acids is 1. The highest BCUT2D eigenvalue weighted by molar-refractivity contribution is 5.93. The Balaban J connectivity index is 1.51. The summed E-state index contributed by atoms with van der Waals surface area (Å²) in [5.74, 6) is -0.0248. The first-order valence-corrected chi connectivity index (χ1v) is 9.00. The number of pyridine rings is 1. The van der Waals surface area contributed by atoms with E-state index in [-0.39, 0.29) is 18.0 Å². The highest BCUT2D eigenvalue weighted by atomic mass is 16.6. The fraction of sp³-hybridized carbons (Fsp3) is 0.0952. The summed E-state index contributed by atoms with van der Waals surface area (Å²) in [6.45, 7) is 1.46. The number of hydrogen-bond acceptors (Lipinski definition) is 7. The van der Waals surface area contributed by atoms with Crippen LogP contribution in [0.1, 0.15) is 5.56 Å². The number of nitro groups is 1. The van der Waals surface area contributed by atoms with Crippen molar-refractivity contribution in [1.29, 1.82) is 0 Å². The molecule has 2 aromatic carbocycles. The zero-order valence-electron chi connectivity index (χ0n) is 15.9. The van der Waals surface area contributed by atoms with Crippen molar-refractivity contribution in [2.45, 2.75) is 6.92 Å². The van der Waals surface area contributed by atoms with E-state index in [2.05, 4.69) is 15.3 Å². The molecular formula is C21H16N4O5. The lowest BCUT2D eigenvalue weighted by atomic mass is 10.1. The van der Waals surface area contributed by atoms with Crippen molar-refractivity contribution in [1.82, 2.24) is 9.97 Å². The van der Waals surface area contributed by atoms with Crippen LogP contribution in [-0.4, -0.2) is 27.4 Å². The van der Waals surface area contributed by atoms with Crippen molar-refractivity contribution in [3.8, 4) is 17.2 Å². The Kier molecular flexibility index (Phi) is 5.08. The lowest BCUT2D eigenvalue weighted by Crippen LogP contribution is -2.21. The highest BCUT2D eigenvalue weighted by Crippen LogP contribution is 2.30.